The van der Waals surface area contributed by atoms with Crippen molar-refractivity contribution in [3.05, 3.63) is 41.7 Å². The molecule has 37 heavy (non-hydrogen) atoms. The van der Waals surface area contributed by atoms with Gasteiger partial charge in [0.25, 0.3) is 5.91 Å². The Bertz CT molecular complexity index is 1260. The molecule has 1 aliphatic heterocycles. The van der Waals surface area contributed by atoms with Crippen molar-refractivity contribution in [1.29, 1.82) is 0 Å². The zero-order valence-corrected chi connectivity index (χ0v) is 22.3. The van der Waals surface area contributed by atoms with E-state index in [-0.39, 0.29) is 11.8 Å². The molecule has 1 amide bonds. The normalized spacial score (nSPS) is 18.0. The molecule has 3 N–H and O–H groups in total. The monoisotopic (exact) mass is 504 g/mol. The molecule has 3 aromatic rings. The highest BCUT2D eigenvalue weighted by Crippen LogP contribution is 2.32. The SMILES string of the molecule is CCC(=Nc1cnn(C2CCN(CC3CCC3)CC2)c1)c1c(O)[nH]c2ccc(C(=O)NCC(C)C)cc12. The number of rotatable bonds is 9. The summed E-state index contributed by atoms with van der Waals surface area (Å²) in [4.78, 5) is 23.2. The summed E-state index contributed by atoms with van der Waals surface area (Å²) in [5.41, 5.74) is 3.54. The first-order valence-electron chi connectivity index (χ1n) is 13.9. The fourth-order valence-corrected chi connectivity index (χ4v) is 5.47. The van der Waals surface area contributed by atoms with Gasteiger partial charge in [-0.3, -0.25) is 9.48 Å². The van der Waals surface area contributed by atoms with Crippen LogP contribution < -0.4 is 5.32 Å². The highest BCUT2D eigenvalue weighted by molar-refractivity contribution is 6.14. The predicted octanol–water partition coefficient (Wildman–Crippen LogP) is 5.42. The average molecular weight is 505 g/mol. The summed E-state index contributed by atoms with van der Waals surface area (Å²) in [5, 5.41) is 19.2. The standard InChI is InChI=1S/C29H40N6O2/c1-4-25(27-24-14-21(28(36)30-15-19(2)3)8-9-26(24)33-29(27)37)32-22-16-31-35(18-22)23-10-12-34(13-11-23)17-20-6-5-7-20/h8-9,14,16,18-20,23,33,37H,4-7,10-13,15,17H2,1-3H3,(H,30,36). The second-order valence-corrected chi connectivity index (χ2v) is 11.1. The van der Waals surface area contributed by atoms with E-state index >= 15 is 0 Å². The molecule has 2 aliphatic rings. The van der Waals surface area contributed by atoms with Gasteiger partial charge in [-0.05, 0) is 62.1 Å². The molecule has 1 saturated heterocycles. The summed E-state index contributed by atoms with van der Waals surface area (Å²) in [6.07, 6.45) is 10.9. The minimum Gasteiger partial charge on any atom is -0.494 e. The first-order valence-corrected chi connectivity index (χ1v) is 13.9. The number of piperidine rings is 1. The zero-order chi connectivity index (χ0) is 25.9. The number of hydrogen-bond acceptors (Lipinski definition) is 5. The molecule has 2 fully saturated rings. The topological polar surface area (TPSA) is 98.5 Å². The molecular formula is C29H40N6O2. The van der Waals surface area contributed by atoms with Crippen molar-refractivity contribution >= 4 is 28.2 Å². The molecular weight excluding hydrogens is 464 g/mol. The van der Waals surface area contributed by atoms with E-state index in [0.29, 0.717) is 36.1 Å². The summed E-state index contributed by atoms with van der Waals surface area (Å²) < 4.78 is 2.07. The van der Waals surface area contributed by atoms with Crippen LogP contribution >= 0.6 is 0 Å². The molecule has 0 unspecified atom stereocenters. The highest BCUT2D eigenvalue weighted by Gasteiger charge is 2.26. The number of hydrogen-bond donors (Lipinski definition) is 3. The molecule has 1 saturated carbocycles. The number of nitrogens with one attached hydrogen (secondary N) is 2. The largest absolute Gasteiger partial charge is 0.494 e. The van der Waals surface area contributed by atoms with Crippen LogP contribution in [-0.4, -0.2) is 62.6 Å². The number of nitrogens with zero attached hydrogens (tertiary/aromatic N) is 4. The van der Waals surface area contributed by atoms with Gasteiger partial charge in [-0.2, -0.15) is 5.10 Å². The maximum atomic E-state index is 12.7. The first kappa shape index (κ1) is 25.5. The molecule has 8 nitrogen and oxygen atoms in total. The number of H-pyrrole nitrogens is 1. The number of carbonyl (C=O) groups excluding carboxylic acids is 1. The van der Waals surface area contributed by atoms with Gasteiger partial charge in [0.1, 0.15) is 5.69 Å². The van der Waals surface area contributed by atoms with Crippen LogP contribution in [0.4, 0.5) is 5.69 Å². The third kappa shape index (κ3) is 5.74. The van der Waals surface area contributed by atoms with Gasteiger partial charge in [0.2, 0.25) is 0 Å². The number of likely N-dealkylation sites (tertiary alicyclic amines) is 1. The molecule has 2 aromatic heterocycles. The molecule has 5 rings (SSSR count). The Labute approximate surface area is 219 Å². The van der Waals surface area contributed by atoms with Gasteiger partial charge in [0, 0.05) is 42.6 Å². The van der Waals surface area contributed by atoms with Crippen LogP contribution in [-0.2, 0) is 0 Å². The Hall–Kier alpha value is -3.13. The molecule has 198 valence electrons. The minimum atomic E-state index is -0.114. The molecule has 0 bridgehead atoms. The van der Waals surface area contributed by atoms with Crippen molar-refractivity contribution in [2.24, 2.45) is 16.8 Å². The number of aromatic nitrogens is 3. The van der Waals surface area contributed by atoms with E-state index in [0.717, 1.165) is 54.2 Å². The molecule has 0 spiro atoms. The number of fused-ring (bicyclic) bond motifs is 1. The number of aromatic amines is 1. The van der Waals surface area contributed by atoms with Gasteiger partial charge >= 0.3 is 0 Å². The third-order valence-electron chi connectivity index (χ3n) is 7.86. The molecule has 0 atom stereocenters. The van der Waals surface area contributed by atoms with E-state index in [9.17, 15) is 9.90 Å². The van der Waals surface area contributed by atoms with Gasteiger partial charge in [0.15, 0.2) is 5.88 Å². The van der Waals surface area contributed by atoms with Crippen molar-refractivity contribution in [3.63, 3.8) is 0 Å². The van der Waals surface area contributed by atoms with Crippen molar-refractivity contribution in [2.45, 2.75) is 65.3 Å². The maximum Gasteiger partial charge on any atom is 0.251 e. The smallest absolute Gasteiger partial charge is 0.251 e. The molecule has 3 heterocycles. The summed E-state index contributed by atoms with van der Waals surface area (Å²) in [6.45, 7) is 10.3. The molecule has 1 aliphatic carbocycles. The van der Waals surface area contributed by atoms with E-state index in [2.05, 4.69) is 38.8 Å². The van der Waals surface area contributed by atoms with E-state index in [4.69, 9.17) is 4.99 Å². The Morgan fingerprint density at radius 3 is 2.70 bits per heavy atom. The van der Waals surface area contributed by atoms with E-state index in [1.165, 1.54) is 25.8 Å². The van der Waals surface area contributed by atoms with Gasteiger partial charge in [-0.15, -0.1) is 0 Å². The lowest BCUT2D eigenvalue weighted by atomic mass is 9.84. The third-order valence-corrected chi connectivity index (χ3v) is 7.86. The maximum absolute atomic E-state index is 12.7. The van der Waals surface area contributed by atoms with Crippen LogP contribution in [0.25, 0.3) is 10.9 Å². The lowest BCUT2D eigenvalue weighted by molar-refractivity contribution is 0.0949. The predicted molar refractivity (Wildman–Crippen MR) is 148 cm³/mol. The first-order chi connectivity index (χ1) is 17.9. The van der Waals surface area contributed by atoms with E-state index < -0.39 is 0 Å². The molecule has 8 heteroatoms. The quantitative estimate of drug-likeness (QED) is 0.339. The van der Waals surface area contributed by atoms with Crippen LogP contribution in [0.3, 0.4) is 0 Å². The second kappa shape index (κ2) is 11.1. The van der Waals surface area contributed by atoms with Crippen molar-refractivity contribution in [3.8, 4) is 5.88 Å². The van der Waals surface area contributed by atoms with Gasteiger partial charge in [-0.25, -0.2) is 4.99 Å². The van der Waals surface area contributed by atoms with Crippen LogP contribution in [0, 0.1) is 11.8 Å². The Kier molecular flexibility index (Phi) is 7.65. The fraction of sp³-hybridized carbons (Fsp3) is 0.552. The average Bonchev–Trinajstić information content (AvgIpc) is 3.46. The van der Waals surface area contributed by atoms with Crippen molar-refractivity contribution < 1.29 is 9.90 Å². The van der Waals surface area contributed by atoms with E-state index in [1.807, 2.05) is 31.5 Å². The summed E-state index contributed by atoms with van der Waals surface area (Å²) in [6, 6.07) is 5.86. The van der Waals surface area contributed by atoms with Crippen molar-refractivity contribution in [1.82, 2.24) is 25.0 Å². The van der Waals surface area contributed by atoms with Crippen molar-refractivity contribution in [2.75, 3.05) is 26.2 Å². The van der Waals surface area contributed by atoms with Gasteiger partial charge < -0.3 is 20.3 Å². The molecule has 0 radical (unpaired) electrons. The fourth-order valence-electron chi connectivity index (χ4n) is 5.47. The second-order valence-electron chi connectivity index (χ2n) is 11.1. The van der Waals surface area contributed by atoms with Gasteiger partial charge in [0.05, 0.1) is 29.7 Å². The number of aliphatic imine (C=N–C) groups is 1. The number of carbonyl (C=O) groups is 1. The highest BCUT2D eigenvalue weighted by atomic mass is 16.3. The lowest BCUT2D eigenvalue weighted by Gasteiger charge is -2.36. The Morgan fingerprint density at radius 1 is 1.24 bits per heavy atom. The van der Waals surface area contributed by atoms with Crippen LogP contribution in [0.2, 0.25) is 0 Å². The van der Waals surface area contributed by atoms with Crippen LogP contribution in [0.15, 0.2) is 35.6 Å². The van der Waals surface area contributed by atoms with E-state index in [1.54, 1.807) is 6.07 Å². The summed E-state index contributed by atoms with van der Waals surface area (Å²) in [7, 11) is 0. The molecule has 1 aromatic carbocycles. The number of amides is 1. The Balaban J connectivity index is 1.33. The van der Waals surface area contributed by atoms with Gasteiger partial charge in [-0.1, -0.05) is 27.2 Å². The van der Waals surface area contributed by atoms with Crippen LogP contribution in [0.5, 0.6) is 5.88 Å². The summed E-state index contributed by atoms with van der Waals surface area (Å²) in [5.74, 6) is 1.25. The number of benzene rings is 1. The summed E-state index contributed by atoms with van der Waals surface area (Å²) >= 11 is 0. The Morgan fingerprint density at radius 2 is 2.03 bits per heavy atom. The van der Waals surface area contributed by atoms with Crippen LogP contribution in [0.1, 0.15) is 81.3 Å². The number of aromatic hydroxyl groups is 1. The lowest BCUT2D eigenvalue weighted by Crippen LogP contribution is -2.39. The minimum absolute atomic E-state index is 0.0709. The zero-order valence-electron chi connectivity index (χ0n) is 22.3.